The highest BCUT2D eigenvalue weighted by Gasteiger charge is 2.13. The molecule has 0 radical (unpaired) electrons. The molecule has 1 aromatic heterocycles. The molecule has 150 valence electrons. The number of anilines is 3. The van der Waals surface area contributed by atoms with E-state index in [1.807, 2.05) is 31.2 Å². The van der Waals surface area contributed by atoms with Crippen LogP contribution in [0.2, 0.25) is 0 Å². The Balaban J connectivity index is 1.78. The second-order valence-electron chi connectivity index (χ2n) is 6.00. The number of hydrogen-bond donors (Lipinski definition) is 2. The highest BCUT2D eigenvalue weighted by atomic mass is 16.5. The fourth-order valence-electron chi connectivity index (χ4n) is 2.73. The first kappa shape index (κ1) is 20.0. The summed E-state index contributed by atoms with van der Waals surface area (Å²) in [5, 5.41) is 6.09. The van der Waals surface area contributed by atoms with Gasteiger partial charge in [-0.1, -0.05) is 12.1 Å². The number of amides is 1. The Morgan fingerprint density at radius 2 is 1.79 bits per heavy atom. The quantitative estimate of drug-likeness (QED) is 0.587. The molecule has 7 nitrogen and oxygen atoms in total. The van der Waals surface area contributed by atoms with Crippen LogP contribution < -0.4 is 24.8 Å². The summed E-state index contributed by atoms with van der Waals surface area (Å²) in [6.07, 6.45) is 1.58. The fourth-order valence-corrected chi connectivity index (χ4v) is 2.73. The van der Waals surface area contributed by atoms with E-state index in [0.717, 1.165) is 17.1 Å². The Hall–Kier alpha value is -3.74. The number of hydrogen-bond acceptors (Lipinski definition) is 6. The van der Waals surface area contributed by atoms with Gasteiger partial charge in [-0.2, -0.15) is 0 Å². The zero-order chi connectivity index (χ0) is 20.6. The first-order chi connectivity index (χ1) is 14.1. The van der Waals surface area contributed by atoms with Crippen molar-refractivity contribution in [2.75, 3.05) is 31.5 Å². The summed E-state index contributed by atoms with van der Waals surface area (Å²) >= 11 is 0. The molecule has 0 spiro atoms. The van der Waals surface area contributed by atoms with E-state index in [-0.39, 0.29) is 11.6 Å². The molecule has 2 N–H and O–H groups in total. The number of methoxy groups -OCH3 is 2. The number of para-hydroxylation sites is 2. The summed E-state index contributed by atoms with van der Waals surface area (Å²) < 4.78 is 16.1. The van der Waals surface area contributed by atoms with Gasteiger partial charge in [-0.15, -0.1) is 0 Å². The molecule has 1 amide bonds. The summed E-state index contributed by atoms with van der Waals surface area (Å²) in [6.45, 7) is 2.49. The minimum Gasteiger partial charge on any atom is -0.497 e. The molecule has 0 aliphatic heterocycles. The Kier molecular flexibility index (Phi) is 6.52. The molecule has 0 saturated carbocycles. The predicted molar refractivity (Wildman–Crippen MR) is 113 cm³/mol. The van der Waals surface area contributed by atoms with Crippen molar-refractivity contribution in [1.82, 2.24) is 4.98 Å². The number of carbonyl (C=O) groups is 1. The number of benzene rings is 2. The van der Waals surface area contributed by atoms with Crippen molar-refractivity contribution in [3.63, 3.8) is 0 Å². The largest absolute Gasteiger partial charge is 0.497 e. The average molecular weight is 393 g/mol. The van der Waals surface area contributed by atoms with Gasteiger partial charge in [-0.3, -0.25) is 9.78 Å². The van der Waals surface area contributed by atoms with Crippen LogP contribution >= 0.6 is 0 Å². The van der Waals surface area contributed by atoms with E-state index in [9.17, 15) is 4.79 Å². The monoisotopic (exact) mass is 393 g/mol. The molecule has 1 heterocycles. The van der Waals surface area contributed by atoms with Crippen molar-refractivity contribution >= 4 is 23.0 Å². The van der Waals surface area contributed by atoms with Gasteiger partial charge in [0.2, 0.25) is 0 Å². The number of ether oxygens (including phenoxy) is 3. The van der Waals surface area contributed by atoms with Crippen LogP contribution in [0.15, 0.2) is 60.8 Å². The molecule has 0 atom stereocenters. The smallest absolute Gasteiger partial charge is 0.274 e. The molecular weight excluding hydrogens is 370 g/mol. The third-order valence-electron chi connectivity index (χ3n) is 4.12. The van der Waals surface area contributed by atoms with Gasteiger partial charge in [-0.05, 0) is 43.3 Å². The maximum absolute atomic E-state index is 12.7. The molecule has 0 aliphatic rings. The molecule has 3 aromatic rings. The lowest BCUT2D eigenvalue weighted by Gasteiger charge is -2.13. The highest BCUT2D eigenvalue weighted by molar-refractivity contribution is 6.04. The highest BCUT2D eigenvalue weighted by Crippen LogP contribution is 2.30. The summed E-state index contributed by atoms with van der Waals surface area (Å²) in [6, 6.07) is 16.2. The Morgan fingerprint density at radius 3 is 2.55 bits per heavy atom. The molecule has 0 bridgehead atoms. The van der Waals surface area contributed by atoms with Gasteiger partial charge >= 0.3 is 0 Å². The van der Waals surface area contributed by atoms with Crippen LogP contribution in [0.3, 0.4) is 0 Å². The maximum atomic E-state index is 12.7. The molecule has 3 rings (SSSR count). The van der Waals surface area contributed by atoms with E-state index in [1.54, 1.807) is 43.6 Å². The zero-order valence-electron chi connectivity index (χ0n) is 16.6. The SMILES string of the molecule is CCOc1ccccc1Nc1ccnc(C(=O)Nc2ccc(OC)cc2OC)c1. The number of rotatable bonds is 8. The van der Waals surface area contributed by atoms with Crippen LogP contribution in [-0.4, -0.2) is 31.7 Å². The molecule has 2 aromatic carbocycles. The minimum atomic E-state index is -0.352. The van der Waals surface area contributed by atoms with Crippen molar-refractivity contribution in [2.24, 2.45) is 0 Å². The molecule has 29 heavy (non-hydrogen) atoms. The van der Waals surface area contributed by atoms with Gasteiger partial charge in [0.15, 0.2) is 0 Å². The Morgan fingerprint density at radius 1 is 0.966 bits per heavy atom. The minimum absolute atomic E-state index is 0.266. The van der Waals surface area contributed by atoms with Crippen LogP contribution in [0.25, 0.3) is 0 Å². The third kappa shape index (κ3) is 4.95. The summed E-state index contributed by atoms with van der Waals surface area (Å²) in [7, 11) is 3.10. The third-order valence-corrected chi connectivity index (χ3v) is 4.12. The Labute approximate surface area is 169 Å². The van der Waals surface area contributed by atoms with Crippen molar-refractivity contribution < 1.29 is 19.0 Å². The van der Waals surface area contributed by atoms with Crippen molar-refractivity contribution in [3.05, 3.63) is 66.5 Å². The maximum Gasteiger partial charge on any atom is 0.274 e. The fraction of sp³-hybridized carbons (Fsp3) is 0.182. The van der Waals surface area contributed by atoms with E-state index in [1.165, 1.54) is 7.11 Å². The summed E-state index contributed by atoms with van der Waals surface area (Å²) in [5.74, 6) is 1.52. The van der Waals surface area contributed by atoms with E-state index in [0.29, 0.717) is 23.8 Å². The number of carbonyl (C=O) groups excluding carboxylic acids is 1. The van der Waals surface area contributed by atoms with Crippen LogP contribution in [0.1, 0.15) is 17.4 Å². The molecule has 0 unspecified atom stereocenters. The molecule has 0 fully saturated rings. The number of nitrogens with zero attached hydrogens (tertiary/aromatic N) is 1. The van der Waals surface area contributed by atoms with E-state index >= 15 is 0 Å². The summed E-state index contributed by atoms with van der Waals surface area (Å²) in [4.78, 5) is 16.9. The lowest BCUT2D eigenvalue weighted by atomic mass is 10.2. The zero-order valence-corrected chi connectivity index (χ0v) is 16.6. The van der Waals surface area contributed by atoms with Crippen molar-refractivity contribution in [3.8, 4) is 17.2 Å². The van der Waals surface area contributed by atoms with Crippen molar-refractivity contribution in [1.29, 1.82) is 0 Å². The lowest BCUT2D eigenvalue weighted by Crippen LogP contribution is -2.14. The van der Waals surface area contributed by atoms with Gasteiger partial charge in [-0.25, -0.2) is 0 Å². The first-order valence-electron chi connectivity index (χ1n) is 9.13. The van der Waals surface area contributed by atoms with E-state index in [4.69, 9.17) is 14.2 Å². The van der Waals surface area contributed by atoms with Gasteiger partial charge in [0, 0.05) is 18.0 Å². The van der Waals surface area contributed by atoms with Crippen LogP contribution in [0.4, 0.5) is 17.1 Å². The molecule has 0 saturated heterocycles. The summed E-state index contributed by atoms with van der Waals surface area (Å²) in [5.41, 5.74) is 2.32. The van der Waals surface area contributed by atoms with E-state index < -0.39 is 0 Å². The second-order valence-corrected chi connectivity index (χ2v) is 6.00. The topological polar surface area (TPSA) is 81.7 Å². The van der Waals surface area contributed by atoms with Gasteiger partial charge < -0.3 is 24.8 Å². The standard InChI is InChI=1S/C22H23N3O4/c1-4-29-20-8-6-5-7-17(20)24-15-11-12-23-19(13-15)22(26)25-18-10-9-16(27-2)14-21(18)28-3/h5-14H,4H2,1-3H3,(H,23,24)(H,25,26). The number of aromatic nitrogens is 1. The van der Waals surface area contributed by atoms with Crippen LogP contribution in [-0.2, 0) is 0 Å². The number of pyridine rings is 1. The van der Waals surface area contributed by atoms with Gasteiger partial charge in [0.05, 0.1) is 32.2 Å². The van der Waals surface area contributed by atoms with E-state index in [2.05, 4.69) is 15.6 Å². The van der Waals surface area contributed by atoms with Crippen molar-refractivity contribution in [2.45, 2.75) is 6.92 Å². The second kappa shape index (κ2) is 9.45. The average Bonchev–Trinajstić information content (AvgIpc) is 2.75. The van der Waals surface area contributed by atoms with Crippen LogP contribution in [0, 0.1) is 0 Å². The lowest BCUT2D eigenvalue weighted by molar-refractivity contribution is 0.102. The number of nitrogens with one attached hydrogen (secondary N) is 2. The normalized spacial score (nSPS) is 10.2. The van der Waals surface area contributed by atoms with Gasteiger partial charge in [0.25, 0.3) is 5.91 Å². The first-order valence-corrected chi connectivity index (χ1v) is 9.13. The molecule has 7 heteroatoms. The van der Waals surface area contributed by atoms with Crippen LogP contribution in [0.5, 0.6) is 17.2 Å². The molecule has 0 aliphatic carbocycles. The van der Waals surface area contributed by atoms with Gasteiger partial charge in [0.1, 0.15) is 22.9 Å². The molecular formula is C22H23N3O4. The Bertz CT molecular complexity index is 991. The predicted octanol–water partition coefficient (Wildman–Crippen LogP) is 4.49.